The fourth-order valence-corrected chi connectivity index (χ4v) is 16.6. The number of aryl methyl sites for hydroxylation is 2. The summed E-state index contributed by atoms with van der Waals surface area (Å²) in [5.41, 5.74) is 17.1. The first kappa shape index (κ1) is 97.7. The summed E-state index contributed by atoms with van der Waals surface area (Å²) in [6.45, 7) is 18.2. The lowest BCUT2D eigenvalue weighted by atomic mass is 9.89. The minimum atomic E-state index is -0.902. The lowest BCUT2D eigenvalue weighted by Gasteiger charge is -2.36. The van der Waals surface area contributed by atoms with Crippen molar-refractivity contribution >= 4 is 35.5 Å². The molecule has 0 radical (unpaired) electrons. The summed E-state index contributed by atoms with van der Waals surface area (Å²) in [5, 5.41) is 47.3. The summed E-state index contributed by atoms with van der Waals surface area (Å²) in [5.74, 6) is 1.51. The molecule has 2 unspecified atom stereocenters. The summed E-state index contributed by atoms with van der Waals surface area (Å²) in [6.07, 6.45) is 42.1. The lowest BCUT2D eigenvalue weighted by molar-refractivity contribution is 0.0685. The van der Waals surface area contributed by atoms with E-state index in [0.29, 0.717) is 46.7 Å². The molecule has 1 heterocycles. The molecule has 9 aromatic rings. The Morgan fingerprint density at radius 3 is 1.34 bits per heavy atom. The molecule has 15 nitrogen and oxygen atoms in total. The van der Waals surface area contributed by atoms with E-state index < -0.39 is 23.9 Å². The summed E-state index contributed by atoms with van der Waals surface area (Å²) in [7, 11) is 0. The molecule has 1 amide bonds. The third kappa shape index (κ3) is 34.8. The van der Waals surface area contributed by atoms with Crippen molar-refractivity contribution in [2.45, 2.75) is 240 Å². The van der Waals surface area contributed by atoms with Crippen molar-refractivity contribution < 1.29 is 53.9 Å². The van der Waals surface area contributed by atoms with Crippen molar-refractivity contribution in [1.29, 1.82) is 5.26 Å². The van der Waals surface area contributed by atoms with E-state index in [1.807, 2.05) is 122 Å². The molecule has 0 spiro atoms. The maximum Gasteiger partial charge on any atom is 0.335 e. The van der Waals surface area contributed by atoms with Gasteiger partial charge in [-0.2, -0.15) is 5.26 Å². The SMILES string of the molecule is CCCC1CCCC(c2ccc(-c3ccc(C(=O)O)cc3)cc2)CC1.CCCCCCCCN1CCN(c2ccc(C(=O)O)cc2)CC1.CCCCCCCCOc1ccc(-c2ccc(C(=O)NCCC#N)cc2)cc1.CCCCCCCc1ccc(-c2ccc(C(=O)O)c(C)c2)cc1.O=C(O)c1ccc(-c2ccc(OCCC=C(C3CC3)C3CC3)cc2)cc1. The fraction of sp³-hybridized carbons (Fsp3) is 0.436. The predicted molar refractivity (Wildman–Crippen MR) is 510 cm³/mol. The van der Waals surface area contributed by atoms with Crippen LogP contribution in [-0.2, 0) is 6.42 Å². The van der Waals surface area contributed by atoms with Gasteiger partial charge in [-0.25, -0.2) is 19.2 Å². The molecular weight excluding hydrogens is 1550 g/mol. The Hall–Kier alpha value is -11.1. The molecule has 3 aliphatic carbocycles. The van der Waals surface area contributed by atoms with Crippen LogP contribution in [0.2, 0.25) is 0 Å². The van der Waals surface area contributed by atoms with E-state index in [1.165, 1.54) is 191 Å². The summed E-state index contributed by atoms with van der Waals surface area (Å²) < 4.78 is 11.7. The Balaban J connectivity index is 0.000000177. The van der Waals surface area contributed by atoms with Crippen molar-refractivity contribution in [1.82, 2.24) is 10.2 Å². The second-order valence-corrected chi connectivity index (χ2v) is 34.2. The second kappa shape index (κ2) is 54.6. The molecule has 664 valence electrons. The van der Waals surface area contributed by atoms with Crippen LogP contribution in [0, 0.1) is 36.0 Å². The number of carbonyl (C=O) groups excluding carboxylic acids is 1. The third-order valence-corrected chi connectivity index (χ3v) is 24.4. The monoisotopic (exact) mass is 1690 g/mol. The number of allylic oxidation sites excluding steroid dienone is 1. The number of carboxylic acids is 4. The number of hydrogen-bond donors (Lipinski definition) is 5. The molecule has 5 N–H and O–H groups in total. The van der Waals surface area contributed by atoms with Crippen LogP contribution in [0.5, 0.6) is 11.5 Å². The number of hydrogen-bond acceptors (Lipinski definition) is 10. The van der Waals surface area contributed by atoms with E-state index in [9.17, 15) is 24.0 Å². The molecular formula is C110H138N4O11. The van der Waals surface area contributed by atoms with Gasteiger partial charge in [-0.1, -0.05) is 276 Å². The maximum absolute atomic E-state index is 12.0. The van der Waals surface area contributed by atoms with Crippen LogP contribution in [0.15, 0.2) is 224 Å². The molecule has 1 aliphatic heterocycles. The number of benzene rings is 9. The molecule has 4 aliphatic rings. The van der Waals surface area contributed by atoms with Gasteiger partial charge in [-0.05, 0) is 266 Å². The molecule has 0 aromatic heterocycles. The fourth-order valence-electron chi connectivity index (χ4n) is 16.6. The zero-order valence-corrected chi connectivity index (χ0v) is 75.2. The minimum Gasteiger partial charge on any atom is -0.494 e. The molecule has 2 atom stereocenters. The number of nitriles is 1. The number of unbranched alkanes of at least 4 members (excludes halogenated alkanes) is 14. The zero-order valence-electron chi connectivity index (χ0n) is 75.2. The highest BCUT2D eigenvalue weighted by Gasteiger charge is 2.36. The molecule has 4 fully saturated rings. The van der Waals surface area contributed by atoms with Crippen molar-refractivity contribution in [3.63, 3.8) is 0 Å². The minimum absolute atomic E-state index is 0.153. The van der Waals surface area contributed by atoms with Gasteiger partial charge in [0.2, 0.25) is 0 Å². The van der Waals surface area contributed by atoms with E-state index in [-0.39, 0.29) is 5.91 Å². The standard InChI is InChI=1S/C24H30N2O2.C23H24O3.C23H28O2.C21H26O2.C19H30N2O2/c1-2-3-4-5-6-7-19-28-23-15-13-21(14-16-23)20-9-11-22(12-10-20)24(27)26-18-8-17-25;24-23(25)20-9-3-16(4-10-20)17-11-13-21(14-12-17)26-15-1-2-22(18-5-6-18)19-7-8-19;1-2-4-17-5-3-6-18(8-7-17)19-9-11-20(12-10-19)21-13-15-22(16-14-21)23(24)25;1-3-4-5-6-7-8-17-9-11-18(12-10-17)19-13-14-20(21(22)23)16(2)15-19;1-2-3-4-5-6-7-12-20-13-15-21(16-14-20)18-10-8-17(9-11-18)19(22)23/h9-16H,2-8,18-19H2,1H3,(H,26,27);2-4,9-14,18-19H,1,5-8,15H2,(H,24,25);9-18H,2-8H2,1H3,(H,24,25);9-15H,3-8H2,1-2H3,(H,22,23);8-11H,2-7,12-16H2,1H3,(H,22,23). The number of aromatic carboxylic acids is 4. The molecule has 15 heteroatoms. The normalized spacial score (nSPS) is 14.7. The average Bonchev–Trinajstić information content (AvgIpc) is 1.67. The number of anilines is 1. The Morgan fingerprint density at radius 2 is 0.864 bits per heavy atom. The Bertz CT molecular complexity index is 4720. The number of carbonyl (C=O) groups is 5. The second-order valence-electron chi connectivity index (χ2n) is 34.2. The highest BCUT2D eigenvalue weighted by Crippen LogP contribution is 2.49. The van der Waals surface area contributed by atoms with E-state index in [0.717, 1.165) is 144 Å². The average molecular weight is 1690 g/mol. The van der Waals surface area contributed by atoms with Gasteiger partial charge < -0.3 is 40.1 Å². The van der Waals surface area contributed by atoms with Crippen LogP contribution in [-0.4, -0.2) is 108 Å². The van der Waals surface area contributed by atoms with Crippen LogP contribution in [0.3, 0.4) is 0 Å². The van der Waals surface area contributed by atoms with Gasteiger partial charge in [0.15, 0.2) is 0 Å². The summed E-state index contributed by atoms with van der Waals surface area (Å²) >= 11 is 0. The van der Waals surface area contributed by atoms with Crippen molar-refractivity contribution in [2.24, 2.45) is 17.8 Å². The molecule has 0 bridgehead atoms. The largest absolute Gasteiger partial charge is 0.494 e. The third-order valence-electron chi connectivity index (χ3n) is 24.4. The van der Waals surface area contributed by atoms with Crippen LogP contribution < -0.4 is 19.7 Å². The maximum atomic E-state index is 12.0. The first-order valence-electron chi connectivity index (χ1n) is 46.9. The predicted octanol–water partition coefficient (Wildman–Crippen LogP) is 27.6. The topological polar surface area (TPSA) is 227 Å². The quantitative estimate of drug-likeness (QED) is 0.0136. The van der Waals surface area contributed by atoms with Crippen LogP contribution in [0.25, 0.3) is 44.5 Å². The first-order chi connectivity index (χ1) is 60.9. The number of ether oxygens (including phenoxy) is 2. The first-order valence-corrected chi connectivity index (χ1v) is 46.9. The number of piperazine rings is 1. The number of nitrogens with zero attached hydrogens (tertiary/aromatic N) is 3. The molecule has 13 rings (SSSR count). The Labute approximate surface area is 745 Å². The van der Waals surface area contributed by atoms with Crippen molar-refractivity contribution in [3.05, 3.63) is 268 Å². The van der Waals surface area contributed by atoms with E-state index >= 15 is 0 Å². The highest BCUT2D eigenvalue weighted by molar-refractivity contribution is 5.95. The van der Waals surface area contributed by atoms with Gasteiger partial charge in [-0.3, -0.25) is 9.69 Å². The van der Waals surface area contributed by atoms with Crippen LogP contribution >= 0.6 is 0 Å². The van der Waals surface area contributed by atoms with E-state index in [1.54, 1.807) is 60.2 Å². The van der Waals surface area contributed by atoms with Gasteiger partial charge >= 0.3 is 23.9 Å². The van der Waals surface area contributed by atoms with Gasteiger partial charge in [-0.15, -0.1) is 0 Å². The number of nitrogens with one attached hydrogen (secondary N) is 1. The Kier molecular flexibility index (Phi) is 42.7. The van der Waals surface area contributed by atoms with E-state index in [2.05, 4.69) is 97.4 Å². The molecule has 1 saturated heterocycles. The molecule has 3 saturated carbocycles. The van der Waals surface area contributed by atoms with E-state index in [4.69, 9.17) is 35.2 Å². The molecule has 9 aromatic carbocycles. The Morgan fingerprint density at radius 1 is 0.432 bits per heavy atom. The summed E-state index contributed by atoms with van der Waals surface area (Å²) in [4.78, 5) is 60.7. The van der Waals surface area contributed by atoms with Crippen LogP contribution in [0.4, 0.5) is 5.69 Å². The van der Waals surface area contributed by atoms with Gasteiger partial charge in [0.25, 0.3) is 5.91 Å². The van der Waals surface area contributed by atoms with Gasteiger partial charge in [0.1, 0.15) is 11.5 Å². The van der Waals surface area contributed by atoms with Crippen LogP contribution in [0.1, 0.15) is 295 Å². The lowest BCUT2D eigenvalue weighted by Crippen LogP contribution is -2.46. The number of carboxylic acid groups (broad SMARTS) is 4. The van der Waals surface area contributed by atoms with Crippen molar-refractivity contribution in [3.8, 4) is 62.1 Å². The zero-order chi connectivity index (χ0) is 88.8. The molecule has 125 heavy (non-hydrogen) atoms. The summed E-state index contributed by atoms with van der Waals surface area (Å²) in [6, 6.07) is 69.9. The smallest absolute Gasteiger partial charge is 0.335 e. The highest BCUT2D eigenvalue weighted by atomic mass is 16.5. The van der Waals surface area contributed by atoms with Gasteiger partial charge in [0.05, 0.1) is 48.0 Å². The van der Waals surface area contributed by atoms with Gasteiger partial charge in [0, 0.05) is 44.0 Å². The van der Waals surface area contributed by atoms with Crippen molar-refractivity contribution in [2.75, 3.05) is 57.4 Å². The number of rotatable bonds is 42. The number of amides is 1.